The zero-order valence-electron chi connectivity index (χ0n) is 16.9. The molecular formula is C20H31ClN3O3S+. The highest BCUT2D eigenvalue weighted by molar-refractivity contribution is 7.89. The average molecular weight is 429 g/mol. The molecule has 0 bridgehead atoms. The van der Waals surface area contributed by atoms with Gasteiger partial charge in [0.15, 0.2) is 6.04 Å². The summed E-state index contributed by atoms with van der Waals surface area (Å²) in [6, 6.07) is 6.94. The van der Waals surface area contributed by atoms with Crippen molar-refractivity contribution in [2.75, 3.05) is 26.2 Å². The Morgan fingerprint density at radius 3 is 2.29 bits per heavy atom. The van der Waals surface area contributed by atoms with Gasteiger partial charge in [-0.2, -0.15) is 4.31 Å². The highest BCUT2D eigenvalue weighted by atomic mass is 35.5. The van der Waals surface area contributed by atoms with Crippen molar-refractivity contribution < 1.29 is 18.1 Å². The van der Waals surface area contributed by atoms with Crippen LogP contribution in [-0.2, 0) is 14.8 Å². The summed E-state index contributed by atoms with van der Waals surface area (Å²) in [5.74, 6) is 0.192. The van der Waals surface area contributed by atoms with Crippen LogP contribution in [0.15, 0.2) is 29.2 Å². The van der Waals surface area contributed by atoms with Crippen molar-refractivity contribution in [2.45, 2.75) is 63.1 Å². The van der Waals surface area contributed by atoms with E-state index in [9.17, 15) is 13.2 Å². The summed E-state index contributed by atoms with van der Waals surface area (Å²) < 4.78 is 27.3. The van der Waals surface area contributed by atoms with Crippen molar-refractivity contribution >= 4 is 27.5 Å². The number of quaternary nitrogens is 1. The number of nitrogens with one attached hydrogen (secondary N) is 1. The molecule has 0 saturated carbocycles. The number of hydrogen-bond acceptors (Lipinski definition) is 3. The maximum Gasteiger partial charge on any atom is 0.281 e. The van der Waals surface area contributed by atoms with Crippen molar-refractivity contribution in [3.05, 3.63) is 29.3 Å². The zero-order valence-corrected chi connectivity index (χ0v) is 18.5. The second-order valence-corrected chi connectivity index (χ2v) is 10.4. The van der Waals surface area contributed by atoms with Gasteiger partial charge in [0.1, 0.15) is 4.90 Å². The molecule has 0 aliphatic carbocycles. The van der Waals surface area contributed by atoms with Crippen molar-refractivity contribution in [3.63, 3.8) is 0 Å². The predicted octanol–water partition coefficient (Wildman–Crippen LogP) is 1.41. The molecule has 1 aromatic carbocycles. The average Bonchev–Trinajstić information content (AvgIpc) is 2.67. The van der Waals surface area contributed by atoms with E-state index >= 15 is 0 Å². The molecule has 1 aromatic rings. The molecule has 6 nitrogen and oxygen atoms in total. The fraction of sp³-hybridized carbons (Fsp3) is 0.650. The molecule has 2 heterocycles. The third kappa shape index (κ3) is 4.22. The van der Waals surface area contributed by atoms with Crippen LogP contribution >= 0.6 is 11.6 Å². The molecule has 2 fully saturated rings. The van der Waals surface area contributed by atoms with Gasteiger partial charge in [0.2, 0.25) is 10.0 Å². The van der Waals surface area contributed by atoms with Crippen LogP contribution in [0.5, 0.6) is 0 Å². The molecule has 8 heteroatoms. The highest BCUT2D eigenvalue weighted by Crippen LogP contribution is 2.25. The molecule has 0 aromatic heterocycles. The van der Waals surface area contributed by atoms with Crippen molar-refractivity contribution in [3.8, 4) is 0 Å². The third-order valence-electron chi connectivity index (χ3n) is 6.25. The number of likely N-dealkylation sites (tertiary alicyclic amines) is 1. The van der Waals surface area contributed by atoms with E-state index in [2.05, 4.69) is 13.8 Å². The molecule has 3 atom stereocenters. The number of nitrogens with zero attached hydrogens (tertiary/aromatic N) is 2. The molecule has 2 saturated heterocycles. The van der Waals surface area contributed by atoms with Crippen LogP contribution in [0.4, 0.5) is 0 Å². The van der Waals surface area contributed by atoms with Gasteiger partial charge in [-0.1, -0.05) is 23.7 Å². The first kappa shape index (κ1) is 21.6. The van der Waals surface area contributed by atoms with Gasteiger partial charge in [0.05, 0.1) is 31.2 Å². The second kappa shape index (κ2) is 8.69. The van der Waals surface area contributed by atoms with Crippen LogP contribution < -0.4 is 4.90 Å². The molecular weight excluding hydrogens is 398 g/mol. The number of sulfonamides is 1. The molecule has 156 valence electrons. The zero-order chi connectivity index (χ0) is 20.5. The van der Waals surface area contributed by atoms with E-state index in [4.69, 9.17) is 11.6 Å². The first-order valence-electron chi connectivity index (χ1n) is 10.1. The normalized spacial score (nSPS) is 26.2. The quantitative estimate of drug-likeness (QED) is 0.788. The molecule has 0 radical (unpaired) electrons. The lowest BCUT2D eigenvalue weighted by atomic mass is 9.96. The molecule has 0 unspecified atom stereocenters. The fourth-order valence-corrected chi connectivity index (χ4v) is 6.43. The maximum absolute atomic E-state index is 13.1. The standard InChI is InChI=1S/C20H30ClN3O3S/c1-15-7-6-8-16(2)24(15)20(25)17(3)22-11-13-23(14-12-22)28(26,27)19-10-5-4-9-18(19)21/h4-5,9-10,15-17H,6-8,11-14H2,1-3H3/p+1/t15-,16+,17-/m1/s1. The number of amides is 1. The Balaban J connectivity index is 1.65. The summed E-state index contributed by atoms with van der Waals surface area (Å²) >= 11 is 6.10. The van der Waals surface area contributed by atoms with Crippen LogP contribution in [0.1, 0.15) is 40.0 Å². The molecule has 3 rings (SSSR count). The summed E-state index contributed by atoms with van der Waals surface area (Å²) in [5, 5.41) is 0.244. The Bertz CT molecular complexity index is 799. The lowest BCUT2D eigenvalue weighted by Crippen LogP contribution is -3.19. The topological polar surface area (TPSA) is 62.1 Å². The van der Waals surface area contributed by atoms with Gasteiger partial charge in [0, 0.05) is 12.1 Å². The molecule has 1 amide bonds. The first-order chi connectivity index (χ1) is 13.2. The number of piperazine rings is 1. The number of hydrogen-bond donors (Lipinski definition) is 1. The highest BCUT2D eigenvalue weighted by Gasteiger charge is 2.39. The minimum atomic E-state index is -3.61. The number of piperidine rings is 1. The van der Waals surface area contributed by atoms with Crippen molar-refractivity contribution in [1.82, 2.24) is 9.21 Å². The van der Waals surface area contributed by atoms with E-state index in [1.165, 1.54) is 10.7 Å². The summed E-state index contributed by atoms with van der Waals surface area (Å²) in [7, 11) is -3.61. The largest absolute Gasteiger partial charge is 0.332 e. The lowest BCUT2D eigenvalue weighted by Gasteiger charge is -2.42. The number of carbonyl (C=O) groups excluding carboxylic acids is 1. The van der Waals surface area contributed by atoms with Gasteiger partial charge >= 0.3 is 0 Å². The SMILES string of the molecule is C[C@@H]1CCC[C@H](C)N1C(=O)[C@@H](C)[NH+]1CCN(S(=O)(=O)c2ccccc2Cl)CC1. The molecule has 28 heavy (non-hydrogen) atoms. The second-order valence-electron chi connectivity index (χ2n) is 8.09. The van der Waals surface area contributed by atoms with Crippen LogP contribution in [0.3, 0.4) is 0 Å². The van der Waals surface area contributed by atoms with Gasteiger partial charge in [-0.15, -0.1) is 0 Å². The van der Waals surface area contributed by atoms with Crippen LogP contribution in [0.25, 0.3) is 0 Å². The number of rotatable bonds is 4. The third-order valence-corrected chi connectivity index (χ3v) is 8.65. The van der Waals surface area contributed by atoms with Crippen LogP contribution in [0, 0.1) is 0 Å². The monoisotopic (exact) mass is 428 g/mol. The Morgan fingerprint density at radius 1 is 1.14 bits per heavy atom. The van der Waals surface area contributed by atoms with Gasteiger partial charge in [0.25, 0.3) is 5.91 Å². The Kier molecular flexibility index (Phi) is 6.69. The molecule has 2 aliphatic rings. The van der Waals surface area contributed by atoms with Gasteiger partial charge in [-0.25, -0.2) is 8.42 Å². The Morgan fingerprint density at radius 2 is 1.71 bits per heavy atom. The van der Waals surface area contributed by atoms with Crippen molar-refractivity contribution in [2.24, 2.45) is 0 Å². The lowest BCUT2D eigenvalue weighted by molar-refractivity contribution is -0.918. The van der Waals surface area contributed by atoms with E-state index in [-0.39, 0.29) is 34.0 Å². The van der Waals surface area contributed by atoms with Crippen LogP contribution in [-0.4, -0.2) is 67.8 Å². The van der Waals surface area contributed by atoms with Crippen LogP contribution in [0.2, 0.25) is 5.02 Å². The number of benzene rings is 1. The summed E-state index contributed by atoms with van der Waals surface area (Å²) in [6.07, 6.45) is 3.29. The summed E-state index contributed by atoms with van der Waals surface area (Å²) in [5.41, 5.74) is 0. The number of halogens is 1. The Hall–Kier alpha value is -1.15. The molecule has 1 N–H and O–H groups in total. The van der Waals surface area contributed by atoms with E-state index in [0.29, 0.717) is 26.2 Å². The fourth-order valence-electron chi connectivity index (χ4n) is 4.49. The smallest absolute Gasteiger partial charge is 0.281 e. The minimum Gasteiger partial charge on any atom is -0.332 e. The van der Waals surface area contributed by atoms with Gasteiger partial charge in [-0.05, 0) is 52.2 Å². The molecule has 2 aliphatic heterocycles. The maximum atomic E-state index is 13.1. The summed E-state index contributed by atoms with van der Waals surface area (Å²) in [4.78, 5) is 16.5. The predicted molar refractivity (Wildman–Crippen MR) is 110 cm³/mol. The van der Waals surface area contributed by atoms with E-state index in [1.807, 2.05) is 11.8 Å². The van der Waals surface area contributed by atoms with Crippen molar-refractivity contribution in [1.29, 1.82) is 0 Å². The number of carbonyl (C=O) groups is 1. The van der Waals surface area contributed by atoms with Gasteiger partial charge < -0.3 is 9.80 Å². The minimum absolute atomic E-state index is 0.153. The first-order valence-corrected chi connectivity index (χ1v) is 12.0. The molecule has 0 spiro atoms. The van der Waals surface area contributed by atoms with Gasteiger partial charge in [-0.3, -0.25) is 4.79 Å². The van der Waals surface area contributed by atoms with E-state index in [0.717, 1.165) is 17.7 Å². The Labute approximate surface area is 173 Å². The van der Waals surface area contributed by atoms with E-state index < -0.39 is 10.0 Å². The summed E-state index contributed by atoms with van der Waals surface area (Å²) in [6.45, 7) is 8.26. The van der Waals surface area contributed by atoms with E-state index in [1.54, 1.807) is 24.3 Å².